The van der Waals surface area contributed by atoms with Gasteiger partial charge in [0.05, 0.1) is 18.8 Å². The minimum absolute atomic E-state index is 0.110. The molecule has 1 N–H and O–H groups in total. The highest BCUT2D eigenvalue weighted by Crippen LogP contribution is 2.26. The van der Waals surface area contributed by atoms with Crippen molar-refractivity contribution in [1.29, 1.82) is 0 Å². The molecule has 0 aromatic rings. The third kappa shape index (κ3) is 4.77. The van der Waals surface area contributed by atoms with Gasteiger partial charge < -0.3 is 15.0 Å². The Labute approximate surface area is 116 Å². The molecule has 2 fully saturated rings. The molecular weight excluding hydrogens is 240 g/mol. The molecule has 0 unspecified atom stereocenters. The first-order valence-electron chi connectivity index (χ1n) is 7.74. The van der Waals surface area contributed by atoms with Gasteiger partial charge in [0.1, 0.15) is 0 Å². The van der Waals surface area contributed by atoms with Crippen LogP contribution in [0.15, 0.2) is 0 Å². The molecule has 1 heterocycles. The first kappa shape index (κ1) is 14.8. The van der Waals surface area contributed by atoms with Crippen LogP contribution < -0.4 is 5.32 Å². The molecule has 1 aliphatic heterocycles. The summed E-state index contributed by atoms with van der Waals surface area (Å²) < 4.78 is 5.74. The van der Waals surface area contributed by atoms with Crippen molar-refractivity contribution in [3.63, 3.8) is 0 Å². The summed E-state index contributed by atoms with van der Waals surface area (Å²) >= 11 is 0. The minimum atomic E-state index is 0.110. The van der Waals surface area contributed by atoms with Crippen LogP contribution in [0.25, 0.3) is 0 Å². The number of likely N-dealkylation sites (N-methyl/N-ethyl adjacent to an activating group) is 1. The minimum Gasteiger partial charge on any atom is -0.373 e. The van der Waals surface area contributed by atoms with Gasteiger partial charge in [-0.05, 0) is 32.7 Å². The van der Waals surface area contributed by atoms with E-state index in [9.17, 15) is 4.79 Å². The Morgan fingerprint density at radius 2 is 2.11 bits per heavy atom. The maximum absolute atomic E-state index is 12.1. The zero-order valence-corrected chi connectivity index (χ0v) is 12.4. The van der Waals surface area contributed by atoms with Crippen LogP contribution in [0.2, 0.25) is 0 Å². The van der Waals surface area contributed by atoms with Crippen LogP contribution in [0.1, 0.15) is 45.4 Å². The highest BCUT2D eigenvalue weighted by molar-refractivity contribution is 5.76. The predicted molar refractivity (Wildman–Crippen MR) is 76.0 cm³/mol. The SMILES string of the molecule is C[C@H](NC(=O)CC1CCCCC1)[C@@H]1CN(C)CCO1. The van der Waals surface area contributed by atoms with E-state index in [1.165, 1.54) is 32.1 Å². The second-order valence-corrected chi connectivity index (χ2v) is 6.24. The number of hydrogen-bond acceptors (Lipinski definition) is 3. The maximum Gasteiger partial charge on any atom is 0.220 e. The molecule has 0 bridgehead atoms. The van der Waals surface area contributed by atoms with Crippen molar-refractivity contribution in [1.82, 2.24) is 10.2 Å². The van der Waals surface area contributed by atoms with Gasteiger partial charge in [0, 0.05) is 19.5 Å². The number of morpholine rings is 1. The van der Waals surface area contributed by atoms with Gasteiger partial charge in [0.25, 0.3) is 0 Å². The average molecular weight is 268 g/mol. The van der Waals surface area contributed by atoms with E-state index < -0.39 is 0 Å². The summed E-state index contributed by atoms with van der Waals surface area (Å²) in [5.74, 6) is 0.812. The van der Waals surface area contributed by atoms with E-state index in [1.54, 1.807) is 0 Å². The van der Waals surface area contributed by atoms with Gasteiger partial charge in [0.2, 0.25) is 5.91 Å². The van der Waals surface area contributed by atoms with Gasteiger partial charge in [0.15, 0.2) is 0 Å². The number of carbonyl (C=O) groups is 1. The highest BCUT2D eigenvalue weighted by Gasteiger charge is 2.25. The van der Waals surface area contributed by atoms with Gasteiger partial charge in [-0.1, -0.05) is 19.3 Å². The van der Waals surface area contributed by atoms with Gasteiger partial charge >= 0.3 is 0 Å². The Balaban J connectivity index is 1.71. The topological polar surface area (TPSA) is 41.6 Å². The summed E-state index contributed by atoms with van der Waals surface area (Å²) in [5, 5.41) is 3.13. The first-order chi connectivity index (χ1) is 9.15. The molecule has 2 aliphatic rings. The standard InChI is InChI=1S/C15H28N2O2/c1-12(14-11-17(2)8-9-19-14)16-15(18)10-13-6-4-3-5-7-13/h12-14H,3-11H2,1-2H3,(H,16,18)/t12-,14-/m0/s1. The molecule has 4 nitrogen and oxygen atoms in total. The van der Waals surface area contributed by atoms with E-state index in [4.69, 9.17) is 4.74 Å². The van der Waals surface area contributed by atoms with Crippen molar-refractivity contribution in [2.24, 2.45) is 5.92 Å². The number of ether oxygens (including phenoxy) is 1. The molecule has 0 radical (unpaired) electrons. The molecule has 110 valence electrons. The number of hydrogen-bond donors (Lipinski definition) is 1. The number of nitrogens with one attached hydrogen (secondary N) is 1. The van der Waals surface area contributed by atoms with Crippen LogP contribution in [0.4, 0.5) is 0 Å². The van der Waals surface area contributed by atoms with Crippen molar-refractivity contribution >= 4 is 5.91 Å². The van der Waals surface area contributed by atoms with E-state index in [0.717, 1.165) is 19.7 Å². The largest absolute Gasteiger partial charge is 0.373 e. The van der Waals surface area contributed by atoms with Crippen LogP contribution in [0.3, 0.4) is 0 Å². The molecule has 1 saturated heterocycles. The molecule has 2 rings (SSSR count). The van der Waals surface area contributed by atoms with E-state index in [2.05, 4.69) is 24.2 Å². The highest BCUT2D eigenvalue weighted by atomic mass is 16.5. The average Bonchev–Trinajstić information content (AvgIpc) is 2.39. The fourth-order valence-electron chi connectivity index (χ4n) is 3.17. The van der Waals surface area contributed by atoms with Crippen molar-refractivity contribution in [2.45, 2.75) is 57.6 Å². The summed E-state index contributed by atoms with van der Waals surface area (Å²) in [7, 11) is 2.10. The Bertz CT molecular complexity index is 290. The quantitative estimate of drug-likeness (QED) is 0.845. The van der Waals surface area contributed by atoms with Crippen molar-refractivity contribution in [3.05, 3.63) is 0 Å². The van der Waals surface area contributed by atoms with Crippen molar-refractivity contribution < 1.29 is 9.53 Å². The maximum atomic E-state index is 12.1. The van der Waals surface area contributed by atoms with Gasteiger partial charge in [-0.25, -0.2) is 0 Å². The normalized spacial score (nSPS) is 28.0. The monoisotopic (exact) mass is 268 g/mol. The van der Waals surface area contributed by atoms with Gasteiger partial charge in [-0.2, -0.15) is 0 Å². The summed E-state index contributed by atoms with van der Waals surface area (Å²) in [6, 6.07) is 0.110. The van der Waals surface area contributed by atoms with Crippen LogP contribution in [0, 0.1) is 5.92 Å². The van der Waals surface area contributed by atoms with Crippen LogP contribution >= 0.6 is 0 Å². The Hall–Kier alpha value is -0.610. The van der Waals surface area contributed by atoms with Crippen LogP contribution in [0.5, 0.6) is 0 Å². The smallest absolute Gasteiger partial charge is 0.220 e. The molecule has 4 heteroatoms. The molecule has 2 atom stereocenters. The fourth-order valence-corrected chi connectivity index (χ4v) is 3.17. The zero-order valence-electron chi connectivity index (χ0n) is 12.4. The summed E-state index contributed by atoms with van der Waals surface area (Å²) in [4.78, 5) is 14.3. The number of amides is 1. The Kier molecular flexibility index (Phi) is 5.64. The number of nitrogens with zero attached hydrogens (tertiary/aromatic N) is 1. The predicted octanol–water partition coefficient (Wildman–Crippen LogP) is 1.79. The number of rotatable bonds is 4. The molecule has 0 aromatic heterocycles. The summed E-state index contributed by atoms with van der Waals surface area (Å²) in [6.07, 6.45) is 7.22. The van der Waals surface area contributed by atoms with Crippen LogP contribution in [-0.2, 0) is 9.53 Å². The molecule has 1 amide bonds. The first-order valence-corrected chi connectivity index (χ1v) is 7.74. The van der Waals surface area contributed by atoms with E-state index >= 15 is 0 Å². The lowest BCUT2D eigenvalue weighted by Crippen LogP contribution is -2.51. The Morgan fingerprint density at radius 1 is 1.37 bits per heavy atom. The lowest BCUT2D eigenvalue weighted by atomic mass is 9.87. The van der Waals surface area contributed by atoms with Gasteiger partial charge in [-0.3, -0.25) is 4.79 Å². The van der Waals surface area contributed by atoms with Crippen molar-refractivity contribution in [3.8, 4) is 0 Å². The lowest BCUT2D eigenvalue weighted by Gasteiger charge is -2.34. The second kappa shape index (κ2) is 7.25. The summed E-state index contributed by atoms with van der Waals surface area (Å²) in [6.45, 7) is 4.72. The lowest BCUT2D eigenvalue weighted by molar-refractivity contribution is -0.124. The molecular formula is C15H28N2O2. The third-order valence-electron chi connectivity index (χ3n) is 4.44. The van der Waals surface area contributed by atoms with E-state index in [1.807, 2.05) is 0 Å². The van der Waals surface area contributed by atoms with E-state index in [0.29, 0.717) is 12.3 Å². The van der Waals surface area contributed by atoms with Crippen molar-refractivity contribution in [2.75, 3.05) is 26.7 Å². The second-order valence-electron chi connectivity index (χ2n) is 6.24. The zero-order chi connectivity index (χ0) is 13.7. The summed E-state index contributed by atoms with van der Waals surface area (Å²) in [5.41, 5.74) is 0. The van der Waals surface area contributed by atoms with Crippen LogP contribution in [-0.4, -0.2) is 49.7 Å². The molecule has 1 aliphatic carbocycles. The Morgan fingerprint density at radius 3 is 2.79 bits per heavy atom. The third-order valence-corrected chi connectivity index (χ3v) is 4.44. The molecule has 0 spiro atoms. The van der Waals surface area contributed by atoms with E-state index in [-0.39, 0.29) is 18.1 Å². The number of carbonyl (C=O) groups excluding carboxylic acids is 1. The fraction of sp³-hybridized carbons (Fsp3) is 0.933. The molecule has 0 aromatic carbocycles. The van der Waals surface area contributed by atoms with Gasteiger partial charge in [-0.15, -0.1) is 0 Å². The molecule has 1 saturated carbocycles. The molecule has 19 heavy (non-hydrogen) atoms.